The van der Waals surface area contributed by atoms with Crippen LogP contribution in [0, 0.1) is 0 Å². The molecular weight excluding hydrogens is 206 g/mol. The number of hydrogen-bond acceptors (Lipinski definition) is 1. The van der Waals surface area contributed by atoms with Crippen molar-refractivity contribution in [2.45, 2.75) is 52.5 Å². The zero-order valence-corrected chi connectivity index (χ0v) is 11.5. The molecule has 1 heteroatoms. The lowest BCUT2D eigenvalue weighted by molar-refractivity contribution is 0.233. The molecule has 0 N–H and O–H groups in total. The summed E-state index contributed by atoms with van der Waals surface area (Å²) in [7, 11) is 0. The van der Waals surface area contributed by atoms with E-state index in [1.807, 2.05) is 0 Å². The van der Waals surface area contributed by atoms with Crippen LogP contribution < -0.4 is 0 Å². The molecule has 0 spiro atoms. The second kappa shape index (κ2) is 5.68. The molecule has 0 aromatic heterocycles. The van der Waals surface area contributed by atoms with Gasteiger partial charge in [-0.15, -0.1) is 0 Å². The third-order valence-corrected chi connectivity index (χ3v) is 3.88. The van der Waals surface area contributed by atoms with Crippen LogP contribution in [-0.2, 0) is 19.3 Å². The first-order valence-electron chi connectivity index (χ1n) is 7.05. The van der Waals surface area contributed by atoms with Crippen molar-refractivity contribution in [1.82, 2.24) is 4.90 Å². The van der Waals surface area contributed by atoms with E-state index in [9.17, 15) is 0 Å². The molecule has 0 aliphatic carbocycles. The summed E-state index contributed by atoms with van der Waals surface area (Å²) in [4.78, 5) is 2.60. The smallest absolute Gasteiger partial charge is 0.00388 e. The Balaban J connectivity index is 2.13. The number of nitrogens with zero attached hydrogens (tertiary/aromatic N) is 1. The molecule has 1 aromatic rings. The molecule has 0 bridgehead atoms. The molecule has 0 saturated heterocycles. The van der Waals surface area contributed by atoms with Gasteiger partial charge in [-0.3, -0.25) is 0 Å². The second-order valence-corrected chi connectivity index (χ2v) is 5.48. The van der Waals surface area contributed by atoms with Crippen molar-refractivity contribution in [3.05, 3.63) is 34.9 Å². The van der Waals surface area contributed by atoms with E-state index < -0.39 is 0 Å². The van der Waals surface area contributed by atoms with Gasteiger partial charge in [-0.25, -0.2) is 0 Å². The molecule has 1 aliphatic heterocycles. The minimum absolute atomic E-state index is 0.680. The van der Waals surface area contributed by atoms with Crippen LogP contribution in [0.3, 0.4) is 0 Å². The Morgan fingerprint density at radius 3 is 2.47 bits per heavy atom. The fourth-order valence-corrected chi connectivity index (χ4v) is 2.76. The van der Waals surface area contributed by atoms with Crippen LogP contribution in [0.1, 0.15) is 43.9 Å². The standard InChI is InChI=1S/C16H25N/c1-4-5-14-6-7-15-8-10-17(13(2)3)11-9-16(15)12-14/h6-7,12-13H,4-5,8-11H2,1-3H3. The van der Waals surface area contributed by atoms with Crippen molar-refractivity contribution < 1.29 is 0 Å². The molecule has 1 aliphatic rings. The Bertz CT molecular complexity index is 368. The lowest BCUT2D eigenvalue weighted by atomic mass is 9.98. The molecule has 0 fully saturated rings. The minimum atomic E-state index is 0.680. The molecule has 2 rings (SSSR count). The quantitative estimate of drug-likeness (QED) is 0.770. The number of benzene rings is 1. The molecule has 17 heavy (non-hydrogen) atoms. The van der Waals surface area contributed by atoms with E-state index >= 15 is 0 Å². The first kappa shape index (κ1) is 12.6. The summed E-state index contributed by atoms with van der Waals surface area (Å²) >= 11 is 0. The Labute approximate surface area is 106 Å². The van der Waals surface area contributed by atoms with Crippen LogP contribution in [0.2, 0.25) is 0 Å². The predicted molar refractivity (Wildman–Crippen MR) is 74.6 cm³/mol. The van der Waals surface area contributed by atoms with Crippen LogP contribution in [-0.4, -0.2) is 24.0 Å². The molecule has 0 amide bonds. The minimum Gasteiger partial charge on any atom is -0.300 e. The van der Waals surface area contributed by atoms with Gasteiger partial charge in [0.1, 0.15) is 0 Å². The highest BCUT2D eigenvalue weighted by atomic mass is 15.1. The summed E-state index contributed by atoms with van der Waals surface area (Å²) in [5.41, 5.74) is 4.69. The summed E-state index contributed by atoms with van der Waals surface area (Å²) in [6, 6.07) is 7.82. The van der Waals surface area contributed by atoms with E-state index in [4.69, 9.17) is 0 Å². The molecule has 0 unspecified atom stereocenters. The summed E-state index contributed by atoms with van der Waals surface area (Å²) in [5.74, 6) is 0. The highest BCUT2D eigenvalue weighted by molar-refractivity contribution is 5.33. The highest BCUT2D eigenvalue weighted by Crippen LogP contribution is 2.19. The van der Waals surface area contributed by atoms with Crippen molar-refractivity contribution in [3.8, 4) is 0 Å². The van der Waals surface area contributed by atoms with Gasteiger partial charge in [0.2, 0.25) is 0 Å². The van der Waals surface area contributed by atoms with E-state index in [1.165, 1.54) is 44.3 Å². The monoisotopic (exact) mass is 231 g/mol. The van der Waals surface area contributed by atoms with E-state index in [-0.39, 0.29) is 0 Å². The van der Waals surface area contributed by atoms with Gasteiger partial charge in [0.15, 0.2) is 0 Å². The number of fused-ring (bicyclic) bond motifs is 1. The largest absolute Gasteiger partial charge is 0.300 e. The van der Waals surface area contributed by atoms with Crippen molar-refractivity contribution in [2.24, 2.45) is 0 Å². The molecule has 0 radical (unpaired) electrons. The van der Waals surface area contributed by atoms with Crippen LogP contribution in [0.4, 0.5) is 0 Å². The maximum Gasteiger partial charge on any atom is 0.00388 e. The molecule has 94 valence electrons. The Morgan fingerprint density at radius 1 is 1.12 bits per heavy atom. The van der Waals surface area contributed by atoms with E-state index in [2.05, 4.69) is 43.9 Å². The van der Waals surface area contributed by atoms with Crippen LogP contribution in [0.15, 0.2) is 18.2 Å². The average Bonchev–Trinajstić information content (AvgIpc) is 2.51. The number of hydrogen-bond donors (Lipinski definition) is 0. The fourth-order valence-electron chi connectivity index (χ4n) is 2.76. The van der Waals surface area contributed by atoms with Gasteiger partial charge in [-0.05, 0) is 49.8 Å². The third-order valence-electron chi connectivity index (χ3n) is 3.88. The molecule has 1 nitrogen and oxygen atoms in total. The lowest BCUT2D eigenvalue weighted by Crippen LogP contribution is -2.32. The van der Waals surface area contributed by atoms with Gasteiger partial charge in [0, 0.05) is 19.1 Å². The number of rotatable bonds is 3. The Morgan fingerprint density at radius 2 is 1.82 bits per heavy atom. The van der Waals surface area contributed by atoms with Crippen LogP contribution in [0.5, 0.6) is 0 Å². The summed E-state index contributed by atoms with van der Waals surface area (Å²) in [6.07, 6.45) is 4.92. The van der Waals surface area contributed by atoms with Crippen molar-refractivity contribution in [3.63, 3.8) is 0 Å². The Hall–Kier alpha value is -0.820. The van der Waals surface area contributed by atoms with Gasteiger partial charge in [-0.1, -0.05) is 31.5 Å². The van der Waals surface area contributed by atoms with Crippen molar-refractivity contribution in [1.29, 1.82) is 0 Å². The molecule has 0 atom stereocenters. The maximum atomic E-state index is 2.60. The molecular formula is C16H25N. The third kappa shape index (κ3) is 3.10. The van der Waals surface area contributed by atoms with Gasteiger partial charge in [-0.2, -0.15) is 0 Å². The van der Waals surface area contributed by atoms with Crippen LogP contribution in [0.25, 0.3) is 0 Å². The second-order valence-electron chi connectivity index (χ2n) is 5.48. The zero-order valence-electron chi connectivity index (χ0n) is 11.5. The Kier molecular flexibility index (Phi) is 4.22. The topological polar surface area (TPSA) is 3.24 Å². The zero-order chi connectivity index (χ0) is 12.3. The SMILES string of the molecule is CCCc1ccc2c(c1)CCN(C(C)C)CC2. The average molecular weight is 231 g/mol. The van der Waals surface area contributed by atoms with Gasteiger partial charge >= 0.3 is 0 Å². The fraction of sp³-hybridized carbons (Fsp3) is 0.625. The predicted octanol–water partition coefficient (Wildman–Crippen LogP) is 3.45. The van der Waals surface area contributed by atoms with Crippen LogP contribution >= 0.6 is 0 Å². The normalized spacial score (nSPS) is 16.9. The van der Waals surface area contributed by atoms with E-state index in [1.54, 1.807) is 11.1 Å². The highest BCUT2D eigenvalue weighted by Gasteiger charge is 2.15. The molecule has 0 saturated carbocycles. The summed E-state index contributed by atoms with van der Waals surface area (Å²) < 4.78 is 0. The first-order valence-corrected chi connectivity index (χ1v) is 7.05. The van der Waals surface area contributed by atoms with E-state index in [0.717, 1.165) is 0 Å². The maximum absolute atomic E-state index is 2.60. The van der Waals surface area contributed by atoms with Crippen molar-refractivity contribution in [2.75, 3.05) is 13.1 Å². The number of aryl methyl sites for hydroxylation is 1. The molecule has 1 aromatic carbocycles. The van der Waals surface area contributed by atoms with Gasteiger partial charge in [0.05, 0.1) is 0 Å². The van der Waals surface area contributed by atoms with Crippen molar-refractivity contribution >= 4 is 0 Å². The van der Waals surface area contributed by atoms with Gasteiger partial charge in [0.25, 0.3) is 0 Å². The summed E-state index contributed by atoms with van der Waals surface area (Å²) in [6.45, 7) is 9.31. The first-order chi connectivity index (χ1) is 8.20. The van der Waals surface area contributed by atoms with E-state index in [0.29, 0.717) is 6.04 Å². The molecule has 1 heterocycles. The summed E-state index contributed by atoms with van der Waals surface area (Å²) in [5, 5.41) is 0. The lowest BCUT2D eigenvalue weighted by Gasteiger charge is -2.23. The van der Waals surface area contributed by atoms with Gasteiger partial charge < -0.3 is 4.90 Å².